The summed E-state index contributed by atoms with van der Waals surface area (Å²) in [5.41, 5.74) is 0. The van der Waals surface area contributed by atoms with Gasteiger partial charge in [-0.2, -0.15) is 0 Å². The van der Waals surface area contributed by atoms with Crippen LogP contribution in [-0.4, -0.2) is 30.6 Å². The Kier molecular flexibility index (Phi) is 5.53. The van der Waals surface area contributed by atoms with Crippen LogP contribution in [0, 0.1) is 0 Å². The van der Waals surface area contributed by atoms with E-state index in [9.17, 15) is 9.59 Å². The molecular weight excluding hydrogens is 318 g/mol. The fraction of sp³-hybridized carbons (Fsp3) is 0.400. The minimum atomic E-state index is -0.812. The van der Waals surface area contributed by atoms with Gasteiger partial charge in [0.15, 0.2) is 12.7 Å². The second-order valence-corrected chi connectivity index (χ2v) is 6.42. The van der Waals surface area contributed by atoms with Crippen molar-refractivity contribution in [1.29, 1.82) is 0 Å². The second kappa shape index (κ2) is 8.01. The highest BCUT2D eigenvalue weighted by Gasteiger charge is 2.23. The molecule has 0 aromatic heterocycles. The number of carbonyl (C=O) groups is 2. The number of amides is 1. The van der Waals surface area contributed by atoms with Crippen molar-refractivity contribution in [2.24, 2.45) is 0 Å². The molecule has 0 heterocycles. The molecular formula is C20H23NO4. The molecule has 132 valence electrons. The molecule has 1 aliphatic rings. The fourth-order valence-corrected chi connectivity index (χ4v) is 3.07. The first-order valence-corrected chi connectivity index (χ1v) is 8.73. The van der Waals surface area contributed by atoms with Gasteiger partial charge in [-0.3, -0.25) is 4.79 Å². The summed E-state index contributed by atoms with van der Waals surface area (Å²) in [5.74, 6) is -0.202. The Hall–Kier alpha value is -2.56. The summed E-state index contributed by atoms with van der Waals surface area (Å²) in [6, 6.07) is 13.7. The van der Waals surface area contributed by atoms with Gasteiger partial charge in [-0.05, 0) is 42.7 Å². The summed E-state index contributed by atoms with van der Waals surface area (Å²) < 4.78 is 10.6. The number of nitrogens with one attached hydrogen (secondary N) is 1. The van der Waals surface area contributed by atoms with Gasteiger partial charge in [-0.25, -0.2) is 4.79 Å². The summed E-state index contributed by atoms with van der Waals surface area (Å²) >= 11 is 0. The maximum absolute atomic E-state index is 12.0. The van der Waals surface area contributed by atoms with Crippen LogP contribution in [-0.2, 0) is 14.3 Å². The molecule has 3 rings (SSSR count). The Labute approximate surface area is 147 Å². The van der Waals surface area contributed by atoms with Crippen molar-refractivity contribution in [3.05, 3.63) is 42.5 Å². The van der Waals surface area contributed by atoms with Gasteiger partial charge < -0.3 is 14.8 Å². The molecule has 0 radical (unpaired) electrons. The van der Waals surface area contributed by atoms with Crippen LogP contribution < -0.4 is 10.1 Å². The number of benzene rings is 2. The van der Waals surface area contributed by atoms with Crippen molar-refractivity contribution in [2.45, 2.75) is 44.8 Å². The molecule has 1 unspecified atom stereocenters. The average molecular weight is 341 g/mol. The Bertz CT molecular complexity index is 752. The molecule has 0 saturated heterocycles. The highest BCUT2D eigenvalue weighted by Crippen LogP contribution is 2.20. The molecule has 0 spiro atoms. The first-order valence-electron chi connectivity index (χ1n) is 8.73. The molecule has 5 nitrogen and oxygen atoms in total. The molecule has 5 heteroatoms. The second-order valence-electron chi connectivity index (χ2n) is 6.42. The van der Waals surface area contributed by atoms with E-state index in [1.54, 1.807) is 6.92 Å². The van der Waals surface area contributed by atoms with E-state index in [1.807, 2.05) is 42.5 Å². The van der Waals surface area contributed by atoms with E-state index in [2.05, 4.69) is 5.32 Å². The molecule has 0 aliphatic heterocycles. The van der Waals surface area contributed by atoms with Crippen molar-refractivity contribution in [2.75, 3.05) is 6.61 Å². The zero-order valence-corrected chi connectivity index (χ0v) is 14.4. The maximum Gasteiger partial charge on any atom is 0.344 e. The zero-order valence-electron chi connectivity index (χ0n) is 14.4. The van der Waals surface area contributed by atoms with Crippen LogP contribution in [0.3, 0.4) is 0 Å². The van der Waals surface area contributed by atoms with Gasteiger partial charge in [0, 0.05) is 6.04 Å². The highest BCUT2D eigenvalue weighted by molar-refractivity contribution is 5.85. The predicted octanol–water partition coefficient (Wildman–Crippen LogP) is 3.21. The van der Waals surface area contributed by atoms with Crippen molar-refractivity contribution >= 4 is 22.6 Å². The Morgan fingerprint density at radius 3 is 2.60 bits per heavy atom. The molecule has 1 aliphatic carbocycles. The molecule has 25 heavy (non-hydrogen) atoms. The summed E-state index contributed by atoms with van der Waals surface area (Å²) in [5, 5.41) is 5.07. The minimum absolute atomic E-state index is 0.211. The lowest BCUT2D eigenvalue weighted by atomic mass is 10.1. The van der Waals surface area contributed by atoms with Crippen LogP contribution >= 0.6 is 0 Å². The number of esters is 1. The van der Waals surface area contributed by atoms with E-state index >= 15 is 0 Å². The number of rotatable bonds is 6. The number of hydrogen-bond donors (Lipinski definition) is 1. The van der Waals surface area contributed by atoms with E-state index in [1.165, 1.54) is 0 Å². The lowest BCUT2D eigenvalue weighted by Gasteiger charge is -2.17. The third kappa shape index (κ3) is 4.72. The van der Waals surface area contributed by atoms with E-state index in [-0.39, 0.29) is 18.6 Å². The Morgan fingerprint density at radius 1 is 1.12 bits per heavy atom. The largest absolute Gasteiger partial charge is 0.482 e. The zero-order chi connectivity index (χ0) is 17.6. The Balaban J connectivity index is 1.47. The lowest BCUT2D eigenvalue weighted by Crippen LogP contribution is -2.41. The van der Waals surface area contributed by atoms with E-state index < -0.39 is 12.1 Å². The van der Waals surface area contributed by atoms with Gasteiger partial charge >= 0.3 is 5.97 Å². The number of carbonyl (C=O) groups excluding carboxylic acids is 2. The first-order chi connectivity index (χ1) is 12.1. The van der Waals surface area contributed by atoms with Crippen LogP contribution in [0.1, 0.15) is 32.6 Å². The average Bonchev–Trinajstić information content (AvgIpc) is 3.12. The van der Waals surface area contributed by atoms with Gasteiger partial charge in [-0.1, -0.05) is 43.2 Å². The SMILES string of the molecule is CC(OC(=O)COc1ccc2ccccc2c1)C(=O)NC1CCCC1. The maximum atomic E-state index is 12.0. The molecule has 2 aromatic carbocycles. The smallest absolute Gasteiger partial charge is 0.344 e. The van der Waals surface area contributed by atoms with Gasteiger partial charge in [0.05, 0.1) is 0 Å². The molecule has 1 amide bonds. The molecule has 1 fully saturated rings. The van der Waals surface area contributed by atoms with Crippen LogP contribution in [0.25, 0.3) is 10.8 Å². The predicted molar refractivity (Wildman–Crippen MR) is 95.4 cm³/mol. The molecule has 1 N–H and O–H groups in total. The third-order valence-corrected chi connectivity index (χ3v) is 4.46. The first kappa shape index (κ1) is 17.3. The quantitative estimate of drug-likeness (QED) is 0.820. The van der Waals surface area contributed by atoms with Gasteiger partial charge in [-0.15, -0.1) is 0 Å². The molecule has 2 aromatic rings. The fourth-order valence-electron chi connectivity index (χ4n) is 3.07. The van der Waals surface area contributed by atoms with E-state index in [4.69, 9.17) is 9.47 Å². The summed E-state index contributed by atoms with van der Waals surface area (Å²) in [6.07, 6.45) is 3.46. The summed E-state index contributed by atoms with van der Waals surface area (Å²) in [4.78, 5) is 23.9. The molecule has 1 saturated carbocycles. The van der Waals surface area contributed by atoms with Crippen molar-refractivity contribution in [1.82, 2.24) is 5.32 Å². The van der Waals surface area contributed by atoms with Gasteiger partial charge in [0.1, 0.15) is 5.75 Å². The van der Waals surface area contributed by atoms with Crippen LogP contribution in [0.15, 0.2) is 42.5 Å². The third-order valence-electron chi connectivity index (χ3n) is 4.46. The van der Waals surface area contributed by atoms with Gasteiger partial charge in [0.2, 0.25) is 0 Å². The summed E-state index contributed by atoms with van der Waals surface area (Å²) in [6.45, 7) is 1.36. The summed E-state index contributed by atoms with van der Waals surface area (Å²) in [7, 11) is 0. The number of fused-ring (bicyclic) bond motifs is 1. The monoisotopic (exact) mass is 341 g/mol. The number of ether oxygens (including phenoxy) is 2. The van der Waals surface area contributed by atoms with Gasteiger partial charge in [0.25, 0.3) is 5.91 Å². The van der Waals surface area contributed by atoms with Crippen LogP contribution in [0.4, 0.5) is 0 Å². The van der Waals surface area contributed by atoms with Crippen LogP contribution in [0.5, 0.6) is 5.75 Å². The standard InChI is InChI=1S/C20H23NO4/c1-14(20(23)21-17-8-4-5-9-17)25-19(22)13-24-18-11-10-15-6-2-3-7-16(15)12-18/h2-3,6-7,10-12,14,17H,4-5,8-9,13H2,1H3,(H,21,23). The van der Waals surface area contributed by atoms with E-state index in [0.29, 0.717) is 5.75 Å². The van der Waals surface area contributed by atoms with Crippen LogP contribution in [0.2, 0.25) is 0 Å². The van der Waals surface area contributed by atoms with Crippen molar-refractivity contribution < 1.29 is 19.1 Å². The lowest BCUT2D eigenvalue weighted by molar-refractivity contribution is -0.156. The molecule has 0 bridgehead atoms. The Morgan fingerprint density at radius 2 is 1.84 bits per heavy atom. The van der Waals surface area contributed by atoms with Crippen molar-refractivity contribution in [3.63, 3.8) is 0 Å². The topological polar surface area (TPSA) is 64.6 Å². The highest BCUT2D eigenvalue weighted by atomic mass is 16.6. The number of hydrogen-bond acceptors (Lipinski definition) is 4. The van der Waals surface area contributed by atoms with E-state index in [0.717, 1.165) is 36.5 Å². The molecule has 1 atom stereocenters. The van der Waals surface area contributed by atoms with Crippen molar-refractivity contribution in [3.8, 4) is 5.75 Å². The minimum Gasteiger partial charge on any atom is -0.482 e. The normalized spacial score (nSPS) is 15.7.